The number of rotatable bonds is 0. The fourth-order valence-electron chi connectivity index (χ4n) is 1.95. The van der Waals surface area contributed by atoms with Gasteiger partial charge in [0.25, 0.3) is 0 Å². The van der Waals surface area contributed by atoms with Gasteiger partial charge in [0.1, 0.15) is 0 Å². The molecule has 0 aromatic heterocycles. The van der Waals surface area contributed by atoms with Crippen molar-refractivity contribution in [2.75, 3.05) is 26.2 Å². The molecule has 0 spiro atoms. The summed E-state index contributed by atoms with van der Waals surface area (Å²) in [7, 11) is 6.83. The molecule has 0 aromatic carbocycles. The first-order valence-electron chi connectivity index (χ1n) is 4.91. The third kappa shape index (κ3) is 2.08. The lowest BCUT2D eigenvalue weighted by Crippen LogP contribution is -2.56. The standard InChI is InChI=1S/C7H14B3N2/c1-2-8-10-9-7-6-11-3-5-12(7)4-1/h7,11H,1-6H2. The topological polar surface area (TPSA) is 15.3 Å². The van der Waals surface area contributed by atoms with E-state index in [2.05, 4.69) is 31.6 Å². The highest BCUT2D eigenvalue weighted by molar-refractivity contribution is 7.29. The van der Waals surface area contributed by atoms with Crippen LogP contribution in [0.3, 0.4) is 0 Å². The van der Waals surface area contributed by atoms with Crippen molar-refractivity contribution in [3.63, 3.8) is 0 Å². The Balaban J connectivity index is 1.89. The van der Waals surface area contributed by atoms with Crippen LogP contribution in [0.15, 0.2) is 0 Å². The number of fused-ring (bicyclic) bond motifs is 1. The Morgan fingerprint density at radius 1 is 1.33 bits per heavy atom. The van der Waals surface area contributed by atoms with E-state index in [9.17, 15) is 0 Å². The number of hydrogen-bond acceptors (Lipinski definition) is 2. The molecular formula is C7H14B3N2. The van der Waals surface area contributed by atoms with E-state index < -0.39 is 0 Å². The monoisotopic (exact) mass is 159 g/mol. The highest BCUT2D eigenvalue weighted by Gasteiger charge is 2.22. The van der Waals surface area contributed by atoms with Gasteiger partial charge in [-0.1, -0.05) is 6.32 Å². The molecule has 5 heteroatoms. The minimum atomic E-state index is 0.648. The van der Waals surface area contributed by atoms with Crippen molar-refractivity contribution < 1.29 is 0 Å². The molecule has 2 nitrogen and oxygen atoms in total. The summed E-state index contributed by atoms with van der Waals surface area (Å²) in [6.45, 7) is 4.78. The average molecular weight is 159 g/mol. The third-order valence-corrected chi connectivity index (χ3v) is 2.68. The smallest absolute Gasteiger partial charge is 0.0805 e. The largest absolute Gasteiger partial charge is 0.315 e. The van der Waals surface area contributed by atoms with Crippen molar-refractivity contribution in [1.29, 1.82) is 0 Å². The van der Waals surface area contributed by atoms with Crippen molar-refractivity contribution in [1.82, 2.24) is 10.2 Å². The van der Waals surface area contributed by atoms with E-state index in [1.807, 2.05) is 0 Å². The Hall–Kier alpha value is 0.115. The molecule has 1 unspecified atom stereocenters. The Morgan fingerprint density at radius 2 is 2.33 bits per heavy atom. The van der Waals surface area contributed by atoms with Crippen LogP contribution in [0.5, 0.6) is 0 Å². The van der Waals surface area contributed by atoms with Crippen molar-refractivity contribution in [3.8, 4) is 0 Å². The van der Waals surface area contributed by atoms with Gasteiger partial charge in [-0.25, -0.2) is 0 Å². The molecule has 2 saturated heterocycles. The van der Waals surface area contributed by atoms with E-state index in [0.29, 0.717) is 5.94 Å². The minimum Gasteiger partial charge on any atom is -0.315 e. The zero-order valence-corrected chi connectivity index (χ0v) is 7.50. The quantitative estimate of drug-likeness (QED) is 0.455. The number of piperazine rings is 1. The molecular weight excluding hydrogens is 145 g/mol. The number of nitrogens with zero attached hydrogens (tertiary/aromatic N) is 1. The van der Waals surface area contributed by atoms with Crippen LogP contribution in [0, 0.1) is 0 Å². The van der Waals surface area contributed by atoms with Crippen molar-refractivity contribution in [2.24, 2.45) is 0 Å². The van der Waals surface area contributed by atoms with E-state index in [4.69, 9.17) is 0 Å². The molecule has 1 N–H and O–H groups in total. The lowest BCUT2D eigenvalue weighted by atomic mass is 9.16. The summed E-state index contributed by atoms with van der Waals surface area (Å²) in [5, 5.41) is 3.43. The molecule has 2 fully saturated rings. The van der Waals surface area contributed by atoms with Crippen molar-refractivity contribution in [3.05, 3.63) is 0 Å². The van der Waals surface area contributed by atoms with Crippen LogP contribution in [-0.2, 0) is 0 Å². The van der Waals surface area contributed by atoms with Gasteiger partial charge in [-0.3, -0.25) is 0 Å². The summed E-state index contributed by atoms with van der Waals surface area (Å²) < 4.78 is 0. The zero-order valence-electron chi connectivity index (χ0n) is 7.50. The molecule has 0 bridgehead atoms. The van der Waals surface area contributed by atoms with E-state index in [0.717, 1.165) is 13.1 Å². The molecule has 0 amide bonds. The van der Waals surface area contributed by atoms with Crippen molar-refractivity contribution >= 4 is 21.4 Å². The first kappa shape index (κ1) is 8.70. The molecule has 0 aromatic rings. The predicted molar refractivity (Wildman–Crippen MR) is 54.9 cm³/mol. The van der Waals surface area contributed by atoms with E-state index in [1.54, 1.807) is 0 Å². The van der Waals surface area contributed by atoms with Gasteiger partial charge in [-0.15, -0.1) is 0 Å². The second kappa shape index (κ2) is 4.38. The number of hydrogen-bond donors (Lipinski definition) is 1. The summed E-state index contributed by atoms with van der Waals surface area (Å²) >= 11 is 0. The summed E-state index contributed by atoms with van der Waals surface area (Å²) in [5.41, 5.74) is 0. The molecule has 0 aliphatic carbocycles. The SMILES string of the molecule is [B]1[B]CCCN2CCNCC2[B]1. The highest BCUT2D eigenvalue weighted by atomic mass is 15.2. The molecule has 12 heavy (non-hydrogen) atoms. The Morgan fingerprint density at radius 3 is 3.33 bits per heavy atom. The van der Waals surface area contributed by atoms with E-state index in [-0.39, 0.29) is 0 Å². The summed E-state index contributed by atoms with van der Waals surface area (Å²) in [6.07, 6.45) is 2.56. The Bertz CT molecular complexity index is 129. The van der Waals surface area contributed by atoms with E-state index in [1.165, 1.54) is 25.8 Å². The van der Waals surface area contributed by atoms with Gasteiger partial charge in [-0.05, 0) is 18.9 Å². The Kier molecular flexibility index (Phi) is 3.18. The summed E-state index contributed by atoms with van der Waals surface area (Å²) in [4.78, 5) is 2.58. The minimum absolute atomic E-state index is 0.648. The molecule has 2 heterocycles. The normalized spacial score (nSPS) is 31.5. The van der Waals surface area contributed by atoms with Gasteiger partial charge >= 0.3 is 0 Å². The maximum Gasteiger partial charge on any atom is 0.0805 e. The van der Waals surface area contributed by atoms with Crippen LogP contribution in [0.4, 0.5) is 0 Å². The molecule has 2 aliphatic rings. The first-order chi connectivity index (χ1) is 5.97. The molecule has 61 valence electrons. The summed E-state index contributed by atoms with van der Waals surface area (Å²) in [6, 6.07) is 0. The maximum atomic E-state index is 3.43. The lowest BCUT2D eigenvalue weighted by molar-refractivity contribution is 0.213. The number of nitrogens with one attached hydrogen (secondary N) is 1. The van der Waals surface area contributed by atoms with Crippen LogP contribution < -0.4 is 5.32 Å². The molecule has 3 radical (unpaired) electrons. The van der Waals surface area contributed by atoms with Crippen LogP contribution in [0.25, 0.3) is 0 Å². The summed E-state index contributed by atoms with van der Waals surface area (Å²) in [5.74, 6) is 0.648. The average Bonchev–Trinajstić information content (AvgIpc) is 2.06. The van der Waals surface area contributed by atoms with Crippen LogP contribution in [-0.4, -0.2) is 58.4 Å². The van der Waals surface area contributed by atoms with Gasteiger partial charge < -0.3 is 10.2 Å². The van der Waals surface area contributed by atoms with Crippen LogP contribution >= 0.6 is 0 Å². The van der Waals surface area contributed by atoms with Crippen LogP contribution in [0.2, 0.25) is 6.32 Å². The van der Waals surface area contributed by atoms with Crippen LogP contribution in [0.1, 0.15) is 6.42 Å². The second-order valence-electron chi connectivity index (χ2n) is 3.57. The van der Waals surface area contributed by atoms with E-state index >= 15 is 0 Å². The first-order valence-corrected chi connectivity index (χ1v) is 4.91. The van der Waals surface area contributed by atoms with Gasteiger partial charge in [0.05, 0.1) is 14.3 Å². The fraction of sp³-hybridized carbons (Fsp3) is 1.00. The van der Waals surface area contributed by atoms with Gasteiger partial charge in [0, 0.05) is 26.7 Å². The molecule has 0 saturated carbocycles. The molecule has 1 atom stereocenters. The highest BCUT2D eigenvalue weighted by Crippen LogP contribution is 2.06. The van der Waals surface area contributed by atoms with Crippen molar-refractivity contribution in [2.45, 2.75) is 18.7 Å². The second-order valence-corrected chi connectivity index (χ2v) is 3.57. The third-order valence-electron chi connectivity index (χ3n) is 2.68. The zero-order chi connectivity index (χ0) is 8.23. The fourth-order valence-corrected chi connectivity index (χ4v) is 1.95. The van der Waals surface area contributed by atoms with Gasteiger partial charge in [0.15, 0.2) is 0 Å². The lowest BCUT2D eigenvalue weighted by Gasteiger charge is -2.37. The Labute approximate surface area is 77.2 Å². The predicted octanol–water partition coefficient (Wildman–Crippen LogP) is -1.02. The molecule has 2 aliphatic heterocycles. The maximum absolute atomic E-state index is 3.43. The van der Waals surface area contributed by atoms with Gasteiger partial charge in [0.2, 0.25) is 0 Å². The molecule has 2 rings (SSSR count). The van der Waals surface area contributed by atoms with Gasteiger partial charge in [-0.2, -0.15) is 0 Å².